The zero-order valence-corrected chi connectivity index (χ0v) is 12.6. The van der Waals surface area contributed by atoms with Gasteiger partial charge in [0.15, 0.2) is 0 Å². The number of likely N-dealkylation sites (tertiary alicyclic amines) is 1. The summed E-state index contributed by atoms with van der Waals surface area (Å²) in [6.07, 6.45) is 2.44. The number of nitrogens with two attached hydrogens (primary N) is 1. The average molecular weight is 275 g/mol. The predicted molar refractivity (Wildman–Crippen MR) is 83.0 cm³/mol. The van der Waals surface area contributed by atoms with Crippen LogP contribution in [0.1, 0.15) is 35.7 Å². The fraction of sp³-hybridized carbons (Fsp3) is 0.562. The van der Waals surface area contributed by atoms with Gasteiger partial charge in [0, 0.05) is 17.3 Å². The maximum absolute atomic E-state index is 11.4. The normalized spacial score (nSPS) is 18.8. The van der Waals surface area contributed by atoms with E-state index in [2.05, 4.69) is 24.2 Å². The lowest BCUT2D eigenvalue weighted by atomic mass is 9.90. The van der Waals surface area contributed by atoms with Crippen LogP contribution < -0.4 is 11.1 Å². The van der Waals surface area contributed by atoms with E-state index in [-0.39, 0.29) is 5.91 Å². The van der Waals surface area contributed by atoms with Gasteiger partial charge in [-0.3, -0.25) is 4.79 Å². The first-order valence-electron chi connectivity index (χ1n) is 7.33. The molecule has 1 unspecified atom stereocenters. The molecule has 2 rings (SSSR count). The lowest BCUT2D eigenvalue weighted by Gasteiger charge is -2.33. The summed E-state index contributed by atoms with van der Waals surface area (Å²) >= 11 is 0. The van der Waals surface area contributed by atoms with E-state index in [1.54, 1.807) is 6.07 Å². The second-order valence-corrected chi connectivity index (χ2v) is 5.92. The summed E-state index contributed by atoms with van der Waals surface area (Å²) in [6, 6.07) is 6.10. The quantitative estimate of drug-likeness (QED) is 0.886. The third-order valence-corrected chi connectivity index (χ3v) is 4.45. The molecule has 1 aliphatic rings. The highest BCUT2D eigenvalue weighted by Gasteiger charge is 2.22. The van der Waals surface area contributed by atoms with E-state index >= 15 is 0 Å². The van der Waals surface area contributed by atoms with Crippen molar-refractivity contribution in [3.05, 3.63) is 29.3 Å². The van der Waals surface area contributed by atoms with Gasteiger partial charge in [0.25, 0.3) is 0 Å². The molecule has 0 bridgehead atoms. The number of benzene rings is 1. The number of primary amides is 1. The lowest BCUT2D eigenvalue weighted by molar-refractivity contribution is 0.1000. The first-order chi connectivity index (χ1) is 9.49. The van der Waals surface area contributed by atoms with Crippen LogP contribution in [0.15, 0.2) is 18.2 Å². The maximum atomic E-state index is 11.4. The molecule has 1 heterocycles. The van der Waals surface area contributed by atoms with Crippen LogP contribution in [0.5, 0.6) is 0 Å². The van der Waals surface area contributed by atoms with E-state index in [0.717, 1.165) is 24.3 Å². The number of amides is 1. The van der Waals surface area contributed by atoms with Crippen LogP contribution in [0.3, 0.4) is 0 Å². The van der Waals surface area contributed by atoms with Crippen LogP contribution in [-0.4, -0.2) is 37.0 Å². The Morgan fingerprint density at radius 1 is 1.40 bits per heavy atom. The highest BCUT2D eigenvalue weighted by atomic mass is 16.1. The molecule has 1 saturated heterocycles. The largest absolute Gasteiger partial charge is 0.382 e. The van der Waals surface area contributed by atoms with Crippen molar-refractivity contribution in [3.8, 4) is 0 Å². The second kappa shape index (κ2) is 6.27. The van der Waals surface area contributed by atoms with Crippen molar-refractivity contribution < 1.29 is 4.79 Å². The predicted octanol–water partition coefficient (Wildman–Crippen LogP) is 2.24. The minimum Gasteiger partial charge on any atom is -0.382 e. The molecule has 1 aromatic rings. The van der Waals surface area contributed by atoms with Crippen molar-refractivity contribution in [1.29, 1.82) is 0 Å². The van der Waals surface area contributed by atoms with E-state index in [1.165, 1.54) is 12.8 Å². The van der Waals surface area contributed by atoms with Crippen molar-refractivity contribution in [2.24, 2.45) is 11.7 Å². The minimum absolute atomic E-state index is 0.363. The van der Waals surface area contributed by atoms with Crippen LogP contribution in [0, 0.1) is 12.8 Å². The summed E-state index contributed by atoms with van der Waals surface area (Å²) in [7, 11) is 2.18. The van der Waals surface area contributed by atoms with Gasteiger partial charge < -0.3 is 16.0 Å². The van der Waals surface area contributed by atoms with Crippen LogP contribution >= 0.6 is 0 Å². The van der Waals surface area contributed by atoms with E-state index in [0.29, 0.717) is 17.5 Å². The third kappa shape index (κ3) is 3.31. The second-order valence-electron chi connectivity index (χ2n) is 5.92. The molecule has 110 valence electrons. The van der Waals surface area contributed by atoms with Crippen LogP contribution in [0.25, 0.3) is 0 Å². The number of nitrogens with zero attached hydrogens (tertiary/aromatic N) is 1. The van der Waals surface area contributed by atoms with Gasteiger partial charge in [-0.1, -0.05) is 6.07 Å². The number of carbonyl (C=O) groups is 1. The Bertz CT molecular complexity index is 479. The molecule has 0 radical (unpaired) electrons. The smallest absolute Gasteiger partial charge is 0.249 e. The average Bonchev–Trinajstić information content (AvgIpc) is 2.41. The summed E-state index contributed by atoms with van der Waals surface area (Å²) < 4.78 is 0. The number of hydrogen-bond donors (Lipinski definition) is 2. The fourth-order valence-corrected chi connectivity index (χ4v) is 2.95. The van der Waals surface area contributed by atoms with Crippen LogP contribution in [-0.2, 0) is 0 Å². The number of anilines is 1. The molecule has 1 atom stereocenters. The molecule has 0 spiro atoms. The van der Waals surface area contributed by atoms with Gasteiger partial charge in [0.2, 0.25) is 5.91 Å². The van der Waals surface area contributed by atoms with Crippen LogP contribution in [0.2, 0.25) is 0 Å². The Hall–Kier alpha value is -1.55. The number of carbonyl (C=O) groups excluding carboxylic acids is 1. The first-order valence-corrected chi connectivity index (χ1v) is 7.33. The highest BCUT2D eigenvalue weighted by molar-refractivity contribution is 5.95. The van der Waals surface area contributed by atoms with Crippen LogP contribution in [0.4, 0.5) is 5.69 Å². The number of nitrogens with one attached hydrogen (secondary N) is 1. The molecule has 4 nitrogen and oxygen atoms in total. The molecule has 3 N–H and O–H groups in total. The molecular weight excluding hydrogens is 250 g/mol. The molecule has 1 fully saturated rings. The molecular formula is C16H25N3O. The number of hydrogen-bond acceptors (Lipinski definition) is 3. The zero-order valence-electron chi connectivity index (χ0n) is 12.6. The Balaban J connectivity index is 2.06. The van der Waals surface area contributed by atoms with E-state index in [4.69, 9.17) is 5.73 Å². The fourth-order valence-electron chi connectivity index (χ4n) is 2.95. The summed E-state index contributed by atoms with van der Waals surface area (Å²) in [5, 5.41) is 3.56. The Labute approximate surface area is 121 Å². The Morgan fingerprint density at radius 2 is 2.05 bits per heavy atom. The van der Waals surface area contributed by atoms with Crippen molar-refractivity contribution in [2.75, 3.05) is 25.5 Å². The van der Waals surface area contributed by atoms with Gasteiger partial charge in [-0.05, 0) is 70.4 Å². The molecule has 1 amide bonds. The summed E-state index contributed by atoms with van der Waals surface area (Å²) in [6.45, 7) is 6.50. The van der Waals surface area contributed by atoms with Crippen molar-refractivity contribution in [2.45, 2.75) is 32.7 Å². The molecule has 0 aromatic heterocycles. The first kappa shape index (κ1) is 14.9. The monoisotopic (exact) mass is 275 g/mol. The number of piperidine rings is 1. The standard InChI is InChI=1S/C16H25N3O/c1-11-14(16(17)20)5-4-6-15(11)18-12(2)13-7-9-19(3)10-8-13/h4-6,12-13,18H,7-10H2,1-3H3,(H2,17,20). The Morgan fingerprint density at radius 3 is 2.65 bits per heavy atom. The molecule has 0 saturated carbocycles. The van der Waals surface area contributed by atoms with Crippen molar-refractivity contribution >= 4 is 11.6 Å². The number of rotatable bonds is 4. The van der Waals surface area contributed by atoms with E-state index < -0.39 is 0 Å². The maximum Gasteiger partial charge on any atom is 0.249 e. The van der Waals surface area contributed by atoms with Gasteiger partial charge in [-0.15, -0.1) is 0 Å². The van der Waals surface area contributed by atoms with E-state index in [1.807, 2.05) is 19.1 Å². The summed E-state index contributed by atoms with van der Waals surface area (Å²) in [5.74, 6) is 0.320. The molecule has 4 heteroatoms. The molecule has 1 aliphatic heterocycles. The highest BCUT2D eigenvalue weighted by Crippen LogP contribution is 2.25. The van der Waals surface area contributed by atoms with Gasteiger partial charge in [-0.25, -0.2) is 0 Å². The van der Waals surface area contributed by atoms with E-state index in [9.17, 15) is 4.79 Å². The summed E-state index contributed by atoms with van der Waals surface area (Å²) in [4.78, 5) is 13.8. The van der Waals surface area contributed by atoms with Crippen molar-refractivity contribution in [1.82, 2.24) is 4.90 Å². The lowest BCUT2D eigenvalue weighted by Crippen LogP contribution is -2.37. The zero-order chi connectivity index (χ0) is 14.7. The molecule has 0 aliphatic carbocycles. The third-order valence-electron chi connectivity index (χ3n) is 4.45. The molecule has 1 aromatic carbocycles. The molecule has 20 heavy (non-hydrogen) atoms. The SMILES string of the molecule is Cc1c(NC(C)C2CCN(C)CC2)cccc1C(N)=O. The Kier molecular flexibility index (Phi) is 4.65. The topological polar surface area (TPSA) is 58.4 Å². The minimum atomic E-state index is -0.363. The van der Waals surface area contributed by atoms with Gasteiger partial charge in [0.05, 0.1) is 0 Å². The van der Waals surface area contributed by atoms with Gasteiger partial charge >= 0.3 is 0 Å². The van der Waals surface area contributed by atoms with Crippen molar-refractivity contribution in [3.63, 3.8) is 0 Å². The summed E-state index contributed by atoms with van der Waals surface area (Å²) in [5.41, 5.74) is 7.97. The van der Waals surface area contributed by atoms with Gasteiger partial charge in [-0.2, -0.15) is 0 Å². The van der Waals surface area contributed by atoms with Gasteiger partial charge in [0.1, 0.15) is 0 Å².